The number of benzene rings is 2. The van der Waals surface area contributed by atoms with Gasteiger partial charge in [0.15, 0.2) is 11.5 Å². The first-order chi connectivity index (χ1) is 12.2. The highest BCUT2D eigenvalue weighted by molar-refractivity contribution is 5.82. The number of hydrogen-bond acceptors (Lipinski definition) is 5. The maximum absolute atomic E-state index is 11.8. The number of nitrogens with two attached hydrogens (primary N) is 1. The van der Waals surface area contributed by atoms with E-state index in [0.29, 0.717) is 23.7 Å². The molecule has 2 aromatic rings. The first-order valence-corrected chi connectivity index (χ1v) is 8.31. The molecule has 140 valence electrons. The lowest BCUT2D eigenvalue weighted by Crippen LogP contribution is -2.32. The van der Waals surface area contributed by atoms with Crippen LogP contribution in [0.3, 0.4) is 0 Å². The highest BCUT2D eigenvalue weighted by Gasteiger charge is 2.16. The van der Waals surface area contributed by atoms with E-state index in [9.17, 15) is 4.79 Å². The Hall–Kier alpha value is -2.89. The van der Waals surface area contributed by atoms with Crippen LogP contribution < -0.4 is 20.5 Å². The number of amides is 1. The molecule has 6 heteroatoms. The SMILES string of the molecule is COc1cccc(-c2ccc(CNC(=O)OC(C)(C)C)cc2N)c1OC. The van der Waals surface area contributed by atoms with Gasteiger partial charge in [-0.3, -0.25) is 0 Å². The Labute approximate surface area is 154 Å². The second-order valence-electron chi connectivity index (χ2n) is 6.82. The van der Waals surface area contributed by atoms with Gasteiger partial charge in [0, 0.05) is 23.4 Å². The van der Waals surface area contributed by atoms with Gasteiger partial charge in [0.2, 0.25) is 0 Å². The molecule has 0 heterocycles. The van der Waals surface area contributed by atoms with Crippen molar-refractivity contribution in [2.75, 3.05) is 20.0 Å². The molecule has 0 aliphatic heterocycles. The van der Waals surface area contributed by atoms with Gasteiger partial charge in [-0.1, -0.05) is 24.3 Å². The lowest BCUT2D eigenvalue weighted by Gasteiger charge is -2.20. The Bertz CT molecular complexity index is 782. The number of nitrogen functional groups attached to an aromatic ring is 1. The van der Waals surface area contributed by atoms with E-state index >= 15 is 0 Å². The minimum absolute atomic E-state index is 0.328. The molecule has 0 aliphatic carbocycles. The zero-order valence-electron chi connectivity index (χ0n) is 15.9. The fourth-order valence-electron chi connectivity index (χ4n) is 2.56. The lowest BCUT2D eigenvalue weighted by molar-refractivity contribution is 0.0523. The normalized spacial score (nSPS) is 11.0. The molecule has 0 bridgehead atoms. The summed E-state index contributed by atoms with van der Waals surface area (Å²) in [6.45, 7) is 5.79. The van der Waals surface area contributed by atoms with Crippen molar-refractivity contribution in [3.8, 4) is 22.6 Å². The number of anilines is 1. The van der Waals surface area contributed by atoms with E-state index in [-0.39, 0.29) is 0 Å². The lowest BCUT2D eigenvalue weighted by atomic mass is 10.00. The third-order valence-electron chi connectivity index (χ3n) is 3.64. The van der Waals surface area contributed by atoms with Crippen molar-refractivity contribution in [3.05, 3.63) is 42.0 Å². The van der Waals surface area contributed by atoms with E-state index in [1.54, 1.807) is 14.2 Å². The van der Waals surface area contributed by atoms with Crippen LogP contribution in [0.1, 0.15) is 26.3 Å². The molecule has 2 aromatic carbocycles. The Kier molecular flexibility index (Phi) is 5.97. The summed E-state index contributed by atoms with van der Waals surface area (Å²) in [6.07, 6.45) is -0.463. The summed E-state index contributed by atoms with van der Waals surface area (Å²) in [5.74, 6) is 1.27. The van der Waals surface area contributed by atoms with Crippen molar-refractivity contribution in [1.82, 2.24) is 5.32 Å². The molecule has 0 aliphatic rings. The van der Waals surface area contributed by atoms with Crippen LogP contribution in [-0.2, 0) is 11.3 Å². The first kappa shape index (κ1) is 19.4. The molecule has 3 N–H and O–H groups in total. The van der Waals surface area contributed by atoms with E-state index in [1.807, 2.05) is 57.2 Å². The molecular formula is C20H26N2O4. The average Bonchev–Trinajstić information content (AvgIpc) is 2.57. The van der Waals surface area contributed by atoms with Gasteiger partial charge >= 0.3 is 6.09 Å². The van der Waals surface area contributed by atoms with E-state index in [2.05, 4.69) is 5.32 Å². The van der Waals surface area contributed by atoms with Gasteiger partial charge < -0.3 is 25.3 Å². The molecule has 2 rings (SSSR count). The standard InChI is InChI=1S/C20H26N2O4/c1-20(2,3)26-19(23)22-12-13-9-10-14(16(21)11-13)15-7-6-8-17(24-4)18(15)25-5/h6-11H,12,21H2,1-5H3,(H,22,23). The van der Waals surface area contributed by atoms with Crippen LogP contribution in [0.5, 0.6) is 11.5 Å². The number of rotatable bonds is 5. The minimum Gasteiger partial charge on any atom is -0.493 e. The third kappa shape index (κ3) is 4.81. The number of nitrogens with one attached hydrogen (secondary N) is 1. The van der Waals surface area contributed by atoms with Gasteiger partial charge in [-0.2, -0.15) is 0 Å². The molecule has 6 nitrogen and oxygen atoms in total. The van der Waals surface area contributed by atoms with Crippen LogP contribution in [0.2, 0.25) is 0 Å². The van der Waals surface area contributed by atoms with Crippen LogP contribution in [-0.4, -0.2) is 25.9 Å². The number of ether oxygens (including phenoxy) is 3. The van der Waals surface area contributed by atoms with Gasteiger partial charge in [0.05, 0.1) is 14.2 Å². The predicted molar refractivity (Wildman–Crippen MR) is 102 cm³/mol. The number of para-hydroxylation sites is 1. The summed E-state index contributed by atoms with van der Waals surface area (Å²) in [6, 6.07) is 11.3. The number of hydrogen-bond donors (Lipinski definition) is 2. The molecule has 0 aromatic heterocycles. The van der Waals surface area contributed by atoms with Crippen LogP contribution in [0, 0.1) is 0 Å². The van der Waals surface area contributed by atoms with Crippen molar-refractivity contribution in [1.29, 1.82) is 0 Å². The van der Waals surface area contributed by atoms with Gasteiger partial charge in [0.25, 0.3) is 0 Å². The molecule has 0 saturated heterocycles. The average molecular weight is 358 g/mol. The summed E-state index contributed by atoms with van der Waals surface area (Å²) in [4.78, 5) is 11.8. The molecule has 0 spiro atoms. The molecule has 0 radical (unpaired) electrons. The molecule has 0 fully saturated rings. The highest BCUT2D eigenvalue weighted by Crippen LogP contribution is 2.40. The maximum atomic E-state index is 11.8. The predicted octanol–water partition coefficient (Wildman–Crippen LogP) is 3.98. The second-order valence-corrected chi connectivity index (χ2v) is 6.82. The maximum Gasteiger partial charge on any atom is 0.407 e. The van der Waals surface area contributed by atoms with Crippen LogP contribution in [0.15, 0.2) is 36.4 Å². The van der Waals surface area contributed by atoms with E-state index in [4.69, 9.17) is 19.9 Å². The first-order valence-electron chi connectivity index (χ1n) is 8.31. The Morgan fingerprint density at radius 3 is 2.38 bits per heavy atom. The summed E-state index contributed by atoms with van der Waals surface area (Å²) < 4.78 is 16.0. The second kappa shape index (κ2) is 7.99. The van der Waals surface area contributed by atoms with E-state index < -0.39 is 11.7 Å². The Morgan fingerprint density at radius 1 is 1.08 bits per heavy atom. The molecule has 1 amide bonds. The van der Waals surface area contributed by atoms with Crippen molar-refractivity contribution < 1.29 is 19.0 Å². The summed E-state index contributed by atoms with van der Waals surface area (Å²) in [5, 5.41) is 2.72. The number of carbonyl (C=O) groups is 1. The van der Waals surface area contributed by atoms with Gasteiger partial charge in [-0.15, -0.1) is 0 Å². The van der Waals surface area contributed by atoms with Gasteiger partial charge in [0.1, 0.15) is 5.60 Å². The van der Waals surface area contributed by atoms with E-state index in [1.165, 1.54) is 0 Å². The molecule has 0 atom stereocenters. The number of methoxy groups -OCH3 is 2. The fraction of sp³-hybridized carbons (Fsp3) is 0.350. The molecule has 26 heavy (non-hydrogen) atoms. The molecule has 0 saturated carbocycles. The van der Waals surface area contributed by atoms with Crippen LogP contribution in [0.4, 0.5) is 10.5 Å². The van der Waals surface area contributed by atoms with Crippen LogP contribution >= 0.6 is 0 Å². The van der Waals surface area contributed by atoms with Crippen LogP contribution in [0.25, 0.3) is 11.1 Å². The fourth-order valence-corrected chi connectivity index (χ4v) is 2.56. The third-order valence-corrected chi connectivity index (χ3v) is 3.64. The number of alkyl carbamates (subject to hydrolysis) is 1. The monoisotopic (exact) mass is 358 g/mol. The topological polar surface area (TPSA) is 82.8 Å². The summed E-state index contributed by atoms with van der Waals surface area (Å²) >= 11 is 0. The van der Waals surface area contributed by atoms with Gasteiger partial charge in [-0.25, -0.2) is 4.79 Å². The molecule has 0 unspecified atom stereocenters. The van der Waals surface area contributed by atoms with Crippen molar-refractivity contribution in [2.24, 2.45) is 0 Å². The zero-order valence-corrected chi connectivity index (χ0v) is 15.9. The summed E-state index contributed by atoms with van der Waals surface area (Å²) in [7, 11) is 3.19. The summed E-state index contributed by atoms with van der Waals surface area (Å²) in [5.41, 5.74) is 8.84. The van der Waals surface area contributed by atoms with Crippen molar-refractivity contribution in [3.63, 3.8) is 0 Å². The Morgan fingerprint density at radius 2 is 1.81 bits per heavy atom. The van der Waals surface area contributed by atoms with E-state index in [0.717, 1.165) is 16.7 Å². The Balaban J connectivity index is 2.19. The molecular weight excluding hydrogens is 332 g/mol. The van der Waals surface area contributed by atoms with Gasteiger partial charge in [-0.05, 0) is 38.5 Å². The quantitative estimate of drug-likeness (QED) is 0.790. The largest absolute Gasteiger partial charge is 0.493 e. The smallest absolute Gasteiger partial charge is 0.407 e. The van der Waals surface area contributed by atoms with Crippen molar-refractivity contribution in [2.45, 2.75) is 32.9 Å². The minimum atomic E-state index is -0.532. The zero-order chi connectivity index (χ0) is 19.3. The number of carbonyl (C=O) groups excluding carboxylic acids is 1. The van der Waals surface area contributed by atoms with Crippen molar-refractivity contribution >= 4 is 11.8 Å². The highest BCUT2D eigenvalue weighted by atomic mass is 16.6.